The highest BCUT2D eigenvalue weighted by molar-refractivity contribution is 5.87. The number of carbonyl (C=O) groups excluding carboxylic acids is 1. The number of rotatable bonds is 2. The standard InChI is InChI=1S/C14H22O/c1-10-6-7-11(2)14(4,5)13(10)9-8-12(3)15/h6,8-9,11,13H,7H2,1-5H3/b9-8+. The molecule has 15 heavy (non-hydrogen) atoms. The lowest BCUT2D eigenvalue weighted by molar-refractivity contribution is -0.112. The summed E-state index contributed by atoms with van der Waals surface area (Å²) in [6.45, 7) is 10.7. The van der Waals surface area contributed by atoms with Gasteiger partial charge in [-0.05, 0) is 37.7 Å². The molecule has 0 heterocycles. The first-order valence-electron chi connectivity index (χ1n) is 5.71. The molecule has 0 aromatic rings. The minimum atomic E-state index is 0.136. The van der Waals surface area contributed by atoms with Gasteiger partial charge in [0.25, 0.3) is 0 Å². The first-order valence-corrected chi connectivity index (χ1v) is 5.71. The van der Waals surface area contributed by atoms with Gasteiger partial charge in [0.2, 0.25) is 0 Å². The van der Waals surface area contributed by atoms with Gasteiger partial charge < -0.3 is 0 Å². The van der Waals surface area contributed by atoms with Crippen molar-refractivity contribution in [2.45, 2.75) is 41.0 Å². The largest absolute Gasteiger partial charge is 0.295 e. The first-order chi connectivity index (χ1) is 6.85. The Labute approximate surface area is 93.3 Å². The molecule has 0 spiro atoms. The second-order valence-electron chi connectivity index (χ2n) is 5.35. The molecule has 0 aromatic carbocycles. The third-order valence-corrected chi connectivity index (χ3v) is 3.88. The molecule has 0 amide bonds. The zero-order valence-electron chi connectivity index (χ0n) is 10.5. The number of hydrogen-bond donors (Lipinski definition) is 0. The summed E-state index contributed by atoms with van der Waals surface area (Å²) in [4.78, 5) is 11.0. The predicted octanol–water partition coefficient (Wildman–Crippen LogP) is 3.76. The molecule has 1 aliphatic rings. The van der Waals surface area contributed by atoms with Crippen LogP contribution in [0.1, 0.15) is 41.0 Å². The smallest absolute Gasteiger partial charge is 0.152 e. The van der Waals surface area contributed by atoms with Crippen molar-refractivity contribution in [2.75, 3.05) is 0 Å². The third kappa shape index (κ3) is 2.58. The molecule has 0 aliphatic heterocycles. The summed E-state index contributed by atoms with van der Waals surface area (Å²) in [6.07, 6.45) is 7.25. The molecule has 0 saturated carbocycles. The van der Waals surface area contributed by atoms with Gasteiger partial charge in [-0.2, -0.15) is 0 Å². The van der Waals surface area contributed by atoms with Crippen molar-refractivity contribution in [1.82, 2.24) is 0 Å². The average molecular weight is 206 g/mol. The molecule has 0 saturated heterocycles. The maximum absolute atomic E-state index is 11.0. The summed E-state index contributed by atoms with van der Waals surface area (Å²) >= 11 is 0. The molecule has 1 heteroatoms. The monoisotopic (exact) mass is 206 g/mol. The van der Waals surface area contributed by atoms with E-state index in [1.54, 1.807) is 13.0 Å². The summed E-state index contributed by atoms with van der Waals surface area (Å²) in [5.41, 5.74) is 1.65. The summed E-state index contributed by atoms with van der Waals surface area (Å²) in [5.74, 6) is 1.21. The number of hydrogen-bond acceptors (Lipinski definition) is 1. The van der Waals surface area contributed by atoms with Gasteiger partial charge in [-0.25, -0.2) is 0 Å². The summed E-state index contributed by atoms with van der Waals surface area (Å²) in [6, 6.07) is 0. The van der Waals surface area contributed by atoms with E-state index in [-0.39, 0.29) is 11.2 Å². The normalized spacial score (nSPS) is 30.3. The van der Waals surface area contributed by atoms with E-state index in [1.165, 1.54) is 5.57 Å². The van der Waals surface area contributed by atoms with Crippen LogP contribution in [0.25, 0.3) is 0 Å². The van der Waals surface area contributed by atoms with E-state index >= 15 is 0 Å². The van der Waals surface area contributed by atoms with E-state index in [0.717, 1.165) is 6.42 Å². The van der Waals surface area contributed by atoms with Crippen LogP contribution in [0.4, 0.5) is 0 Å². The lowest BCUT2D eigenvalue weighted by atomic mass is 9.63. The molecule has 1 aliphatic carbocycles. The zero-order chi connectivity index (χ0) is 11.6. The highest BCUT2D eigenvalue weighted by atomic mass is 16.1. The van der Waals surface area contributed by atoms with Crippen molar-refractivity contribution in [3.8, 4) is 0 Å². The third-order valence-electron chi connectivity index (χ3n) is 3.88. The molecule has 0 bridgehead atoms. The van der Waals surface area contributed by atoms with Crippen LogP contribution in [-0.4, -0.2) is 5.78 Å². The van der Waals surface area contributed by atoms with Gasteiger partial charge >= 0.3 is 0 Å². The van der Waals surface area contributed by atoms with Gasteiger partial charge in [-0.15, -0.1) is 0 Å². The van der Waals surface area contributed by atoms with Gasteiger partial charge in [0.1, 0.15) is 0 Å². The van der Waals surface area contributed by atoms with Gasteiger partial charge in [-0.1, -0.05) is 38.5 Å². The minimum Gasteiger partial charge on any atom is -0.295 e. The lowest BCUT2D eigenvalue weighted by Gasteiger charge is -2.42. The van der Waals surface area contributed by atoms with Crippen LogP contribution >= 0.6 is 0 Å². The molecule has 2 atom stereocenters. The Morgan fingerprint density at radius 3 is 2.67 bits per heavy atom. The molecule has 0 fully saturated rings. The fourth-order valence-electron chi connectivity index (χ4n) is 2.32. The molecule has 84 valence electrons. The van der Waals surface area contributed by atoms with Crippen LogP contribution in [0.2, 0.25) is 0 Å². The molecular weight excluding hydrogens is 184 g/mol. The molecule has 0 N–H and O–H groups in total. The van der Waals surface area contributed by atoms with E-state index < -0.39 is 0 Å². The summed E-state index contributed by atoms with van der Waals surface area (Å²) < 4.78 is 0. The molecule has 1 nitrogen and oxygen atoms in total. The van der Waals surface area contributed by atoms with Gasteiger partial charge in [0, 0.05) is 5.92 Å². The van der Waals surface area contributed by atoms with Crippen LogP contribution in [0, 0.1) is 17.3 Å². The van der Waals surface area contributed by atoms with Crippen molar-refractivity contribution in [3.63, 3.8) is 0 Å². The highest BCUT2D eigenvalue weighted by Crippen LogP contribution is 2.45. The summed E-state index contributed by atoms with van der Waals surface area (Å²) in [7, 11) is 0. The Kier molecular flexibility index (Phi) is 3.54. The van der Waals surface area contributed by atoms with Crippen LogP contribution in [-0.2, 0) is 4.79 Å². The second kappa shape index (κ2) is 4.34. The van der Waals surface area contributed by atoms with E-state index in [4.69, 9.17) is 0 Å². The molecular formula is C14H22O. The van der Waals surface area contributed by atoms with E-state index in [1.807, 2.05) is 0 Å². The maximum atomic E-state index is 11.0. The molecule has 0 radical (unpaired) electrons. The van der Waals surface area contributed by atoms with Crippen LogP contribution < -0.4 is 0 Å². The molecule has 1 rings (SSSR count). The highest BCUT2D eigenvalue weighted by Gasteiger charge is 2.36. The Hall–Kier alpha value is -0.850. The van der Waals surface area contributed by atoms with Crippen LogP contribution in [0.5, 0.6) is 0 Å². The predicted molar refractivity (Wildman–Crippen MR) is 64.6 cm³/mol. The Morgan fingerprint density at radius 1 is 1.53 bits per heavy atom. The quantitative estimate of drug-likeness (QED) is 0.496. The molecule has 0 aromatic heterocycles. The Balaban J connectivity index is 2.96. The maximum Gasteiger partial charge on any atom is 0.152 e. The van der Waals surface area contributed by atoms with Crippen LogP contribution in [0.15, 0.2) is 23.8 Å². The second-order valence-corrected chi connectivity index (χ2v) is 5.35. The van der Waals surface area contributed by atoms with E-state index in [9.17, 15) is 4.79 Å². The van der Waals surface area contributed by atoms with Crippen molar-refractivity contribution in [3.05, 3.63) is 23.8 Å². The average Bonchev–Trinajstić information content (AvgIpc) is 2.11. The van der Waals surface area contributed by atoms with Gasteiger partial charge in [-0.3, -0.25) is 4.79 Å². The topological polar surface area (TPSA) is 17.1 Å². The van der Waals surface area contributed by atoms with Gasteiger partial charge in [0.05, 0.1) is 0 Å². The summed E-state index contributed by atoms with van der Waals surface area (Å²) in [5, 5.41) is 0. The van der Waals surface area contributed by atoms with Crippen molar-refractivity contribution in [2.24, 2.45) is 17.3 Å². The Bertz CT molecular complexity index is 307. The zero-order valence-corrected chi connectivity index (χ0v) is 10.5. The van der Waals surface area contributed by atoms with E-state index in [0.29, 0.717) is 11.8 Å². The van der Waals surface area contributed by atoms with E-state index in [2.05, 4.69) is 39.8 Å². The van der Waals surface area contributed by atoms with Crippen molar-refractivity contribution < 1.29 is 4.79 Å². The fourth-order valence-corrected chi connectivity index (χ4v) is 2.32. The first kappa shape index (κ1) is 12.2. The SMILES string of the molecule is CC(=O)/C=C/C1C(C)=CCC(C)C1(C)C. The van der Waals surface area contributed by atoms with Crippen LogP contribution in [0.3, 0.4) is 0 Å². The van der Waals surface area contributed by atoms with Crippen molar-refractivity contribution in [1.29, 1.82) is 0 Å². The van der Waals surface area contributed by atoms with Crippen molar-refractivity contribution >= 4 is 5.78 Å². The number of carbonyl (C=O) groups is 1. The number of allylic oxidation sites excluding steroid dienone is 4. The number of ketones is 1. The fraction of sp³-hybridized carbons (Fsp3) is 0.643. The lowest BCUT2D eigenvalue weighted by Crippen LogP contribution is -2.33. The molecule has 2 unspecified atom stereocenters. The minimum absolute atomic E-state index is 0.136. The Morgan fingerprint density at radius 2 is 2.13 bits per heavy atom. The van der Waals surface area contributed by atoms with Gasteiger partial charge in [0.15, 0.2) is 5.78 Å².